The Morgan fingerprint density at radius 1 is 1.35 bits per heavy atom. The maximum absolute atomic E-state index is 10.8. The van der Waals surface area contributed by atoms with Crippen LogP contribution in [-0.4, -0.2) is 61.9 Å². The lowest BCUT2D eigenvalue weighted by atomic mass is 9.91. The molecule has 0 amide bonds. The summed E-state index contributed by atoms with van der Waals surface area (Å²) in [6.45, 7) is 7.64. The molecule has 0 aliphatic carbocycles. The van der Waals surface area contributed by atoms with Crippen LogP contribution in [0.25, 0.3) is 0 Å². The zero-order chi connectivity index (χ0) is 18.1. The Morgan fingerprint density at radius 3 is 2.62 bits per heavy atom. The van der Waals surface area contributed by atoms with Crippen LogP contribution in [-0.2, 0) is 10.3 Å². The van der Waals surface area contributed by atoms with Gasteiger partial charge in [0, 0.05) is 24.1 Å². The molecule has 1 unspecified atom stereocenters. The highest BCUT2D eigenvalue weighted by Gasteiger charge is 2.26. The molecule has 1 heterocycles. The molecule has 0 spiro atoms. The summed E-state index contributed by atoms with van der Waals surface area (Å²) in [6.07, 6.45) is 1.57. The van der Waals surface area contributed by atoms with Gasteiger partial charge in [-0.25, -0.2) is 0 Å². The molecule has 1 fully saturated rings. The van der Waals surface area contributed by atoms with E-state index in [2.05, 4.69) is 31.1 Å². The normalized spacial score (nSPS) is 18.0. The third-order valence-electron chi connectivity index (χ3n) is 4.54. The molecule has 1 aromatic carbocycles. The van der Waals surface area contributed by atoms with E-state index in [1.54, 1.807) is 0 Å². The number of nitrogens with zero attached hydrogens (tertiary/aromatic N) is 2. The minimum absolute atomic E-state index is 0. The van der Waals surface area contributed by atoms with Crippen molar-refractivity contribution in [2.45, 2.75) is 25.4 Å². The summed E-state index contributed by atoms with van der Waals surface area (Å²) in [5.41, 5.74) is 5.79. The van der Waals surface area contributed by atoms with Crippen LogP contribution >= 0.6 is 39.9 Å². The van der Waals surface area contributed by atoms with Crippen molar-refractivity contribution in [3.8, 4) is 0 Å². The molecule has 1 aliphatic rings. The largest absolute Gasteiger partial charge is 0.383 e. The number of nitrogens with two attached hydrogens (primary N) is 1. The Kier molecular flexibility index (Phi) is 11.0. The Bertz CT molecular complexity index is 553. The molecule has 1 atom stereocenters. The third-order valence-corrected chi connectivity index (χ3v) is 5.07. The van der Waals surface area contributed by atoms with E-state index in [9.17, 15) is 5.11 Å². The van der Waals surface area contributed by atoms with Gasteiger partial charge in [-0.3, -0.25) is 9.89 Å². The van der Waals surface area contributed by atoms with E-state index < -0.39 is 5.60 Å². The molecule has 2 rings (SSSR count). The first-order valence-corrected chi connectivity index (χ1v) is 9.65. The van der Waals surface area contributed by atoms with Crippen molar-refractivity contribution in [1.82, 2.24) is 10.2 Å². The number of hydrogen-bond donors (Lipinski definition) is 3. The second-order valence-corrected chi connectivity index (χ2v) is 7.24. The highest BCUT2D eigenvalue weighted by Crippen LogP contribution is 2.26. The molecule has 26 heavy (non-hydrogen) atoms. The summed E-state index contributed by atoms with van der Waals surface area (Å²) >= 11 is 3.41. The summed E-state index contributed by atoms with van der Waals surface area (Å²) in [4.78, 5) is 6.73. The standard InChI is InChI=1S/C18H29BrN4O2.HI/c1-2-18(24,15-4-6-16(19)7-5-15)14-22-17(20)21-8-3-9-23-10-12-25-13-11-23;/h4-7,24H,2-3,8-14H2,1H3,(H3,20,21,22);1H. The molecule has 4 N–H and O–H groups in total. The molecular weight excluding hydrogens is 511 g/mol. The van der Waals surface area contributed by atoms with Gasteiger partial charge in [0.1, 0.15) is 5.60 Å². The minimum atomic E-state index is -0.999. The number of aliphatic imine (C=N–C) groups is 1. The highest BCUT2D eigenvalue weighted by atomic mass is 127. The van der Waals surface area contributed by atoms with Crippen molar-refractivity contribution in [2.24, 2.45) is 10.7 Å². The molecule has 0 radical (unpaired) electrons. The smallest absolute Gasteiger partial charge is 0.188 e. The van der Waals surface area contributed by atoms with E-state index in [0.29, 0.717) is 12.4 Å². The van der Waals surface area contributed by atoms with Gasteiger partial charge in [0.2, 0.25) is 0 Å². The van der Waals surface area contributed by atoms with Crippen LogP contribution in [0, 0.1) is 0 Å². The van der Waals surface area contributed by atoms with Gasteiger partial charge in [-0.1, -0.05) is 35.0 Å². The van der Waals surface area contributed by atoms with Crippen LogP contribution in [0.2, 0.25) is 0 Å². The fourth-order valence-corrected chi connectivity index (χ4v) is 3.05. The third kappa shape index (κ3) is 7.67. The van der Waals surface area contributed by atoms with E-state index in [-0.39, 0.29) is 30.5 Å². The molecule has 0 bridgehead atoms. The summed E-state index contributed by atoms with van der Waals surface area (Å²) in [7, 11) is 0. The second kappa shape index (κ2) is 12.1. The van der Waals surface area contributed by atoms with Crippen LogP contribution in [0.1, 0.15) is 25.3 Å². The number of morpholine rings is 1. The molecular formula is C18H30BrIN4O2. The SMILES string of the molecule is CCC(O)(CN=C(N)NCCCN1CCOCC1)c1ccc(Br)cc1.I. The summed E-state index contributed by atoms with van der Waals surface area (Å²) in [5.74, 6) is 0.381. The lowest BCUT2D eigenvalue weighted by molar-refractivity contribution is 0.0376. The molecule has 148 valence electrons. The van der Waals surface area contributed by atoms with Gasteiger partial charge in [0.25, 0.3) is 0 Å². The van der Waals surface area contributed by atoms with Crippen LogP contribution in [0.3, 0.4) is 0 Å². The van der Waals surface area contributed by atoms with Crippen molar-refractivity contribution in [2.75, 3.05) is 45.9 Å². The molecule has 1 aliphatic heterocycles. The highest BCUT2D eigenvalue weighted by molar-refractivity contribution is 14.0. The molecule has 0 saturated carbocycles. The Hall–Kier alpha value is -0.420. The number of hydrogen-bond acceptors (Lipinski definition) is 4. The lowest BCUT2D eigenvalue weighted by Crippen LogP contribution is -2.39. The summed E-state index contributed by atoms with van der Waals surface area (Å²) in [5, 5.41) is 14.0. The first kappa shape index (κ1) is 23.6. The van der Waals surface area contributed by atoms with Gasteiger partial charge in [0.05, 0.1) is 19.8 Å². The molecule has 1 aromatic rings. The Morgan fingerprint density at radius 2 is 2.00 bits per heavy atom. The predicted molar refractivity (Wildman–Crippen MR) is 120 cm³/mol. The maximum Gasteiger partial charge on any atom is 0.188 e. The van der Waals surface area contributed by atoms with E-state index in [1.165, 1.54) is 0 Å². The Labute approximate surface area is 181 Å². The number of aliphatic hydroxyl groups is 1. The van der Waals surface area contributed by atoms with Crippen molar-refractivity contribution < 1.29 is 9.84 Å². The average molecular weight is 541 g/mol. The molecule has 0 aromatic heterocycles. The second-order valence-electron chi connectivity index (χ2n) is 6.33. The van der Waals surface area contributed by atoms with E-state index >= 15 is 0 Å². The summed E-state index contributed by atoms with van der Waals surface area (Å²) < 4.78 is 6.32. The monoisotopic (exact) mass is 540 g/mol. The van der Waals surface area contributed by atoms with Crippen molar-refractivity contribution in [3.63, 3.8) is 0 Å². The van der Waals surface area contributed by atoms with Crippen LogP contribution in [0.5, 0.6) is 0 Å². The first-order valence-electron chi connectivity index (χ1n) is 8.86. The zero-order valence-electron chi connectivity index (χ0n) is 15.3. The average Bonchev–Trinajstić information content (AvgIpc) is 2.64. The predicted octanol–water partition coefficient (Wildman–Crippen LogP) is 2.29. The number of halogens is 2. The lowest BCUT2D eigenvalue weighted by Gasteiger charge is -2.26. The fraction of sp³-hybridized carbons (Fsp3) is 0.611. The van der Waals surface area contributed by atoms with Gasteiger partial charge in [-0.05, 0) is 37.1 Å². The fourth-order valence-electron chi connectivity index (χ4n) is 2.78. The number of benzene rings is 1. The minimum Gasteiger partial charge on any atom is -0.383 e. The number of ether oxygens (including phenoxy) is 1. The van der Waals surface area contributed by atoms with E-state index in [1.807, 2.05) is 31.2 Å². The number of guanidine groups is 1. The van der Waals surface area contributed by atoms with Crippen molar-refractivity contribution in [1.29, 1.82) is 0 Å². The Balaban J connectivity index is 0.00000338. The quantitative estimate of drug-likeness (QED) is 0.204. The van der Waals surface area contributed by atoms with Gasteiger partial charge in [0.15, 0.2) is 5.96 Å². The number of nitrogens with one attached hydrogen (secondary N) is 1. The van der Waals surface area contributed by atoms with E-state index in [0.717, 1.165) is 55.8 Å². The first-order chi connectivity index (χ1) is 12.0. The van der Waals surface area contributed by atoms with Gasteiger partial charge in [-0.15, -0.1) is 24.0 Å². The topological polar surface area (TPSA) is 83.1 Å². The maximum atomic E-state index is 10.8. The summed E-state index contributed by atoms with van der Waals surface area (Å²) in [6, 6.07) is 7.67. The van der Waals surface area contributed by atoms with E-state index in [4.69, 9.17) is 10.5 Å². The van der Waals surface area contributed by atoms with Crippen LogP contribution < -0.4 is 11.1 Å². The van der Waals surface area contributed by atoms with Crippen LogP contribution in [0.4, 0.5) is 0 Å². The van der Waals surface area contributed by atoms with Crippen molar-refractivity contribution >= 4 is 45.9 Å². The van der Waals surface area contributed by atoms with Gasteiger partial charge >= 0.3 is 0 Å². The van der Waals surface area contributed by atoms with Crippen molar-refractivity contribution in [3.05, 3.63) is 34.3 Å². The van der Waals surface area contributed by atoms with Gasteiger partial charge < -0.3 is 20.9 Å². The van der Waals surface area contributed by atoms with Gasteiger partial charge in [-0.2, -0.15) is 0 Å². The number of rotatable bonds is 8. The van der Waals surface area contributed by atoms with Crippen LogP contribution in [0.15, 0.2) is 33.7 Å². The molecule has 6 nitrogen and oxygen atoms in total. The molecule has 8 heteroatoms. The molecule has 1 saturated heterocycles. The zero-order valence-corrected chi connectivity index (χ0v) is 19.2.